The lowest BCUT2D eigenvalue weighted by Gasteiger charge is -2.32. The molecule has 0 spiro atoms. The summed E-state index contributed by atoms with van der Waals surface area (Å²) in [6, 6.07) is 45.2. The van der Waals surface area contributed by atoms with E-state index in [0.717, 1.165) is 0 Å². The lowest BCUT2D eigenvalue weighted by Crippen LogP contribution is -2.33. The van der Waals surface area contributed by atoms with Gasteiger partial charge < -0.3 is 4.57 Å². The average Bonchev–Trinajstić information content (AvgIpc) is 3.57. The number of hydrogen-bond acceptors (Lipinski definition) is 3. The molecule has 8 aromatic rings. The Morgan fingerprint density at radius 1 is 0.512 bits per heavy atom. The molecule has 0 radical (unpaired) electrons. The monoisotopic (exact) mass is 573 g/mol. The van der Waals surface area contributed by atoms with E-state index in [4.69, 9.17) is 0 Å². The Hall–Kier alpha value is -3.90. The van der Waals surface area contributed by atoms with Crippen LogP contribution in [0.3, 0.4) is 0 Å². The fraction of sp³-hybridized carbons (Fsp3) is 0. The molecule has 0 aliphatic carbocycles. The summed E-state index contributed by atoms with van der Waals surface area (Å²) in [6.07, 6.45) is 0. The molecule has 5 heteroatoms. The van der Waals surface area contributed by atoms with Crippen LogP contribution in [0.1, 0.15) is 0 Å². The summed E-state index contributed by atoms with van der Waals surface area (Å²) in [7, 11) is 0. The Bertz CT molecular complexity index is 2330. The number of hydrogen-bond donors (Lipinski definition) is 0. The van der Waals surface area contributed by atoms with E-state index in [0.29, 0.717) is 5.27 Å². The molecule has 0 N–H and O–H groups in total. The van der Waals surface area contributed by atoms with Crippen LogP contribution >= 0.6 is 34.6 Å². The first-order valence-electron chi connectivity index (χ1n) is 13.9. The number of aromatic nitrogens is 1. The number of benzene rings is 6. The molecule has 41 heavy (non-hydrogen) atoms. The van der Waals surface area contributed by atoms with Gasteiger partial charge in [-0.15, -0.1) is 11.3 Å². The highest BCUT2D eigenvalue weighted by atomic mass is 32.2. The van der Waals surface area contributed by atoms with Crippen LogP contribution < -0.4 is 5.46 Å². The zero-order valence-corrected chi connectivity index (χ0v) is 24.2. The number of nitrogens with zero attached hydrogens (tertiary/aromatic N) is 1. The first kappa shape index (κ1) is 22.8. The maximum absolute atomic E-state index is 2.51. The molecule has 2 aromatic heterocycles. The molecule has 0 saturated heterocycles. The summed E-state index contributed by atoms with van der Waals surface area (Å²) in [5.74, 6) is 0. The molecular formula is C36H20BNS3. The van der Waals surface area contributed by atoms with Gasteiger partial charge in [-0.1, -0.05) is 78.9 Å². The van der Waals surface area contributed by atoms with Gasteiger partial charge in [-0.05, 0) is 70.2 Å². The number of rotatable bonds is 1. The first-order valence-corrected chi connectivity index (χ1v) is 16.4. The van der Waals surface area contributed by atoms with Crippen molar-refractivity contribution < 1.29 is 0 Å². The first-order chi connectivity index (χ1) is 20.3. The molecule has 0 fully saturated rings. The zero-order chi connectivity index (χ0) is 26.7. The third-order valence-corrected chi connectivity index (χ3v) is 12.6. The van der Waals surface area contributed by atoms with Gasteiger partial charge in [0.1, 0.15) is 0 Å². The van der Waals surface area contributed by atoms with Crippen molar-refractivity contribution in [1.82, 2.24) is 4.57 Å². The lowest BCUT2D eigenvalue weighted by atomic mass is 9.77. The lowest BCUT2D eigenvalue weighted by molar-refractivity contribution is 1.18. The van der Waals surface area contributed by atoms with Gasteiger partial charge in [0.15, 0.2) is 0 Å². The molecule has 2 aliphatic heterocycles. The predicted molar refractivity (Wildman–Crippen MR) is 182 cm³/mol. The molecule has 190 valence electrons. The summed E-state index contributed by atoms with van der Waals surface area (Å²) in [5.41, 5.74) is 10.7. The second-order valence-corrected chi connectivity index (χ2v) is 14.4. The number of thiophene rings is 1. The minimum atomic E-state index is 0.357. The normalized spacial score (nSPS) is 13.6. The van der Waals surface area contributed by atoms with Gasteiger partial charge in [0.2, 0.25) is 0 Å². The van der Waals surface area contributed by atoms with E-state index in [1.54, 1.807) is 0 Å². The Morgan fingerprint density at radius 2 is 1.15 bits per heavy atom. The van der Waals surface area contributed by atoms with Crippen LogP contribution in [0.5, 0.6) is 0 Å². The zero-order valence-electron chi connectivity index (χ0n) is 21.8. The van der Waals surface area contributed by atoms with Crippen molar-refractivity contribution in [2.45, 2.75) is 9.79 Å². The van der Waals surface area contributed by atoms with Gasteiger partial charge >= 0.3 is 5.27 Å². The van der Waals surface area contributed by atoms with E-state index in [-0.39, 0.29) is 0 Å². The Labute approximate surface area is 249 Å². The number of para-hydroxylation sites is 1. The highest BCUT2D eigenvalue weighted by Crippen LogP contribution is 2.50. The van der Waals surface area contributed by atoms with Crippen molar-refractivity contribution in [3.8, 4) is 27.9 Å². The van der Waals surface area contributed by atoms with Gasteiger partial charge in [0.05, 0.1) is 11.0 Å². The van der Waals surface area contributed by atoms with Crippen LogP contribution in [0, 0.1) is 0 Å². The van der Waals surface area contributed by atoms with Crippen molar-refractivity contribution >= 4 is 87.3 Å². The summed E-state index contributed by atoms with van der Waals surface area (Å²) in [6.45, 7) is 0. The van der Waals surface area contributed by atoms with E-state index in [1.807, 2.05) is 34.6 Å². The molecule has 4 heterocycles. The van der Waals surface area contributed by atoms with Gasteiger partial charge in [0, 0.05) is 46.4 Å². The van der Waals surface area contributed by atoms with E-state index in [2.05, 4.69) is 126 Å². The van der Waals surface area contributed by atoms with Crippen molar-refractivity contribution in [1.29, 1.82) is 0 Å². The van der Waals surface area contributed by atoms with Crippen LogP contribution in [0.4, 0.5) is 0 Å². The Kier molecular flexibility index (Phi) is 4.62. The summed E-state index contributed by atoms with van der Waals surface area (Å²) >= 11 is 5.91. The van der Waals surface area contributed by atoms with E-state index in [9.17, 15) is 0 Å². The summed E-state index contributed by atoms with van der Waals surface area (Å²) in [4.78, 5) is 2.74. The van der Waals surface area contributed by atoms with Gasteiger partial charge in [-0.2, -0.15) is 23.2 Å². The van der Waals surface area contributed by atoms with Gasteiger partial charge in [0.25, 0.3) is 0 Å². The highest BCUT2D eigenvalue weighted by Gasteiger charge is 2.37. The topological polar surface area (TPSA) is 4.93 Å². The largest absolute Gasteiger partial charge is 0.318 e. The van der Waals surface area contributed by atoms with E-state index in [1.165, 1.54) is 85.2 Å². The second kappa shape index (κ2) is 8.33. The van der Waals surface area contributed by atoms with Crippen LogP contribution in [0.2, 0.25) is 0 Å². The molecule has 10 rings (SSSR count). The molecule has 0 atom stereocenters. The molecule has 0 amide bonds. The third-order valence-electron chi connectivity index (χ3n) is 8.66. The van der Waals surface area contributed by atoms with Crippen LogP contribution in [0.25, 0.3) is 69.9 Å². The molecular weight excluding hydrogens is 553 g/mol. The van der Waals surface area contributed by atoms with Crippen molar-refractivity contribution in [3.63, 3.8) is 0 Å². The van der Waals surface area contributed by atoms with Crippen LogP contribution in [-0.2, 0) is 0 Å². The molecule has 0 unspecified atom stereocenters. The third kappa shape index (κ3) is 3.06. The average molecular weight is 574 g/mol. The van der Waals surface area contributed by atoms with Crippen molar-refractivity contribution in [2.24, 2.45) is 0 Å². The van der Waals surface area contributed by atoms with Crippen molar-refractivity contribution in [3.05, 3.63) is 121 Å². The molecule has 6 aromatic carbocycles. The molecule has 0 bridgehead atoms. The smallest absolute Gasteiger partial charge is 0.309 e. The maximum atomic E-state index is 2.51. The standard InChI is InChI=1S/C36H20BNS3/c1-5-13-29-26(12-1)34-30(18-17-25-22-9-2-6-14-31(22)39-36(25)34)38(29)21-19-27-23-10-3-7-15-32(23)40-37-35(27)28(20-21)24-11-4-8-16-33(24)41-37/h1-20H. The summed E-state index contributed by atoms with van der Waals surface area (Å²) in [5, 5.41) is 5.72. The van der Waals surface area contributed by atoms with Crippen LogP contribution in [0.15, 0.2) is 131 Å². The Morgan fingerprint density at radius 3 is 1.90 bits per heavy atom. The minimum Gasteiger partial charge on any atom is -0.309 e. The minimum absolute atomic E-state index is 0.357. The fourth-order valence-electron chi connectivity index (χ4n) is 6.94. The molecule has 2 aliphatic rings. The highest BCUT2D eigenvalue weighted by molar-refractivity contribution is 8.56. The van der Waals surface area contributed by atoms with Crippen LogP contribution in [-0.4, -0.2) is 9.84 Å². The van der Waals surface area contributed by atoms with E-state index >= 15 is 0 Å². The summed E-state index contributed by atoms with van der Waals surface area (Å²) < 4.78 is 5.23. The quantitative estimate of drug-likeness (QED) is 0.180. The van der Waals surface area contributed by atoms with E-state index < -0.39 is 0 Å². The SMILES string of the molecule is c1ccc2c(c1)SB1Sc3ccccc3-c3cc(-n4c5ccccc5c5c6sc7ccccc7c6ccc54)cc-2c31. The number of fused-ring (bicyclic) bond motifs is 11. The second-order valence-electron chi connectivity index (χ2n) is 10.8. The predicted octanol–water partition coefficient (Wildman–Crippen LogP) is 10.4. The maximum Gasteiger partial charge on any atom is 0.318 e. The van der Waals surface area contributed by atoms with Crippen molar-refractivity contribution in [2.75, 3.05) is 0 Å². The molecule has 0 saturated carbocycles. The van der Waals surface area contributed by atoms with Gasteiger partial charge in [-0.25, -0.2) is 0 Å². The molecule has 1 nitrogen and oxygen atoms in total. The fourth-order valence-corrected chi connectivity index (χ4v) is 11.1. The Balaban J connectivity index is 1.35. The van der Waals surface area contributed by atoms with Gasteiger partial charge in [-0.3, -0.25) is 0 Å².